The van der Waals surface area contributed by atoms with Crippen LogP contribution in [0.4, 0.5) is 5.82 Å². The normalized spacial score (nSPS) is 17.3. The Morgan fingerprint density at radius 3 is 2.70 bits per heavy atom. The minimum absolute atomic E-state index is 0.527. The predicted molar refractivity (Wildman–Crippen MR) is 104 cm³/mol. The molecule has 27 heavy (non-hydrogen) atoms. The third-order valence-electron chi connectivity index (χ3n) is 5.32. The number of nitrogens with zero attached hydrogens (tertiary/aromatic N) is 7. The lowest BCUT2D eigenvalue weighted by Gasteiger charge is -2.33. The molecule has 7 nitrogen and oxygen atoms in total. The maximum atomic E-state index is 4.66. The van der Waals surface area contributed by atoms with Gasteiger partial charge >= 0.3 is 0 Å². The van der Waals surface area contributed by atoms with Gasteiger partial charge < -0.3 is 9.47 Å². The lowest BCUT2D eigenvalue weighted by Crippen LogP contribution is -2.37. The third kappa shape index (κ3) is 3.67. The predicted octanol–water partition coefficient (Wildman–Crippen LogP) is 2.74. The molecule has 0 aromatic carbocycles. The minimum atomic E-state index is 0.527. The molecule has 0 radical (unpaired) electrons. The Labute approximate surface area is 159 Å². The summed E-state index contributed by atoms with van der Waals surface area (Å²) < 4.78 is 2.07. The molecule has 7 heteroatoms. The zero-order chi connectivity index (χ0) is 18.8. The van der Waals surface area contributed by atoms with Crippen molar-refractivity contribution < 1.29 is 0 Å². The van der Waals surface area contributed by atoms with Crippen LogP contribution in [0.1, 0.15) is 30.2 Å². The number of aromatic nitrogens is 6. The van der Waals surface area contributed by atoms with Crippen molar-refractivity contribution in [3.05, 3.63) is 48.2 Å². The number of piperidine rings is 1. The van der Waals surface area contributed by atoms with Crippen LogP contribution in [-0.2, 0) is 13.5 Å². The zero-order valence-electron chi connectivity index (χ0n) is 16.1. The highest BCUT2D eigenvalue weighted by Crippen LogP contribution is 2.27. The summed E-state index contributed by atoms with van der Waals surface area (Å²) in [4.78, 5) is 24.9. The standard InChI is InChI=1S/C20H25N7/c1-14-21-7-6-19(25-14)27-10-4-5-16(13-27)11-17-20(23-9-8-22-17)18-12-24-15(2)26(18)3/h6-9,12,16H,4-5,10-11,13H2,1-3H3. The van der Waals surface area contributed by atoms with Crippen molar-refractivity contribution in [1.82, 2.24) is 29.5 Å². The smallest absolute Gasteiger partial charge is 0.132 e. The fourth-order valence-corrected chi connectivity index (χ4v) is 3.79. The van der Waals surface area contributed by atoms with E-state index in [1.807, 2.05) is 39.4 Å². The molecule has 1 unspecified atom stereocenters. The van der Waals surface area contributed by atoms with Gasteiger partial charge in [-0.05, 0) is 45.1 Å². The van der Waals surface area contributed by atoms with Crippen molar-refractivity contribution in [2.75, 3.05) is 18.0 Å². The van der Waals surface area contributed by atoms with Crippen LogP contribution in [0.15, 0.2) is 30.9 Å². The fourth-order valence-electron chi connectivity index (χ4n) is 3.79. The second kappa shape index (κ2) is 7.42. The highest BCUT2D eigenvalue weighted by Gasteiger charge is 2.24. The van der Waals surface area contributed by atoms with Crippen LogP contribution in [0.5, 0.6) is 0 Å². The molecule has 4 rings (SSSR count). The van der Waals surface area contributed by atoms with Gasteiger partial charge in [0.1, 0.15) is 23.2 Å². The topological polar surface area (TPSA) is 72.6 Å². The Morgan fingerprint density at radius 2 is 1.93 bits per heavy atom. The van der Waals surface area contributed by atoms with Crippen LogP contribution < -0.4 is 4.90 Å². The van der Waals surface area contributed by atoms with Gasteiger partial charge in [-0.15, -0.1) is 0 Å². The van der Waals surface area contributed by atoms with Gasteiger partial charge in [0, 0.05) is 38.7 Å². The quantitative estimate of drug-likeness (QED) is 0.710. The molecule has 0 N–H and O–H groups in total. The first-order chi connectivity index (χ1) is 13.1. The van der Waals surface area contributed by atoms with Gasteiger partial charge in [-0.3, -0.25) is 9.97 Å². The maximum Gasteiger partial charge on any atom is 0.132 e. The van der Waals surface area contributed by atoms with E-state index in [0.717, 1.165) is 60.5 Å². The lowest BCUT2D eigenvalue weighted by molar-refractivity contribution is 0.408. The molecule has 1 aliphatic heterocycles. The molecular formula is C20H25N7. The number of aryl methyl sites for hydroxylation is 2. The summed E-state index contributed by atoms with van der Waals surface area (Å²) in [5.74, 6) is 3.34. The van der Waals surface area contributed by atoms with Gasteiger partial charge in [0.2, 0.25) is 0 Å². The first-order valence-electron chi connectivity index (χ1n) is 9.45. The minimum Gasteiger partial charge on any atom is -0.356 e. The summed E-state index contributed by atoms with van der Waals surface area (Å²) >= 11 is 0. The van der Waals surface area contributed by atoms with E-state index in [9.17, 15) is 0 Å². The zero-order valence-corrected chi connectivity index (χ0v) is 16.1. The molecule has 0 amide bonds. The molecule has 3 aromatic heterocycles. The van der Waals surface area contributed by atoms with Crippen LogP contribution in [0.25, 0.3) is 11.4 Å². The van der Waals surface area contributed by atoms with Gasteiger partial charge in [0.25, 0.3) is 0 Å². The summed E-state index contributed by atoms with van der Waals surface area (Å²) in [6.45, 7) is 5.97. The second-order valence-electron chi connectivity index (χ2n) is 7.22. The molecule has 140 valence electrons. The molecule has 1 aliphatic rings. The average Bonchev–Trinajstić information content (AvgIpc) is 3.01. The molecule has 3 aromatic rings. The highest BCUT2D eigenvalue weighted by atomic mass is 15.2. The summed E-state index contributed by atoms with van der Waals surface area (Å²) in [5.41, 5.74) is 3.01. The maximum absolute atomic E-state index is 4.66. The summed E-state index contributed by atoms with van der Waals surface area (Å²) in [6.07, 6.45) is 10.5. The van der Waals surface area contributed by atoms with E-state index < -0.39 is 0 Å². The number of imidazole rings is 1. The Kier molecular flexibility index (Phi) is 4.83. The molecule has 4 heterocycles. The van der Waals surface area contributed by atoms with Crippen LogP contribution in [0, 0.1) is 19.8 Å². The summed E-state index contributed by atoms with van der Waals surface area (Å²) in [6, 6.07) is 2.00. The van der Waals surface area contributed by atoms with Crippen molar-refractivity contribution >= 4 is 5.82 Å². The Balaban J connectivity index is 1.55. The average molecular weight is 363 g/mol. The molecular weight excluding hydrogens is 338 g/mol. The van der Waals surface area contributed by atoms with Gasteiger partial charge in [-0.25, -0.2) is 15.0 Å². The van der Waals surface area contributed by atoms with Crippen LogP contribution in [0.3, 0.4) is 0 Å². The van der Waals surface area contributed by atoms with Crippen molar-refractivity contribution in [1.29, 1.82) is 0 Å². The van der Waals surface area contributed by atoms with E-state index in [1.165, 1.54) is 6.42 Å². The van der Waals surface area contributed by atoms with Gasteiger partial charge in [0.15, 0.2) is 0 Å². The first kappa shape index (κ1) is 17.6. The molecule has 0 spiro atoms. The first-order valence-corrected chi connectivity index (χ1v) is 9.45. The summed E-state index contributed by atoms with van der Waals surface area (Å²) in [7, 11) is 2.02. The largest absolute Gasteiger partial charge is 0.356 e. The number of hydrogen-bond donors (Lipinski definition) is 0. The Hall–Kier alpha value is -2.83. The molecule has 0 saturated carbocycles. The highest BCUT2D eigenvalue weighted by molar-refractivity contribution is 5.57. The second-order valence-corrected chi connectivity index (χ2v) is 7.22. The number of hydrogen-bond acceptors (Lipinski definition) is 6. The Morgan fingerprint density at radius 1 is 1.07 bits per heavy atom. The molecule has 0 aliphatic carbocycles. The fraction of sp³-hybridized carbons (Fsp3) is 0.450. The van der Waals surface area contributed by atoms with Crippen molar-refractivity contribution in [2.24, 2.45) is 13.0 Å². The van der Waals surface area contributed by atoms with E-state index >= 15 is 0 Å². The van der Waals surface area contributed by atoms with Crippen molar-refractivity contribution in [2.45, 2.75) is 33.1 Å². The van der Waals surface area contributed by atoms with E-state index in [-0.39, 0.29) is 0 Å². The van der Waals surface area contributed by atoms with Gasteiger partial charge in [0.05, 0.1) is 17.6 Å². The number of anilines is 1. The van der Waals surface area contributed by atoms with Crippen molar-refractivity contribution in [3.8, 4) is 11.4 Å². The number of rotatable bonds is 4. The summed E-state index contributed by atoms with van der Waals surface area (Å²) in [5, 5.41) is 0. The van der Waals surface area contributed by atoms with Crippen molar-refractivity contribution in [3.63, 3.8) is 0 Å². The molecule has 1 atom stereocenters. The van der Waals surface area contributed by atoms with Gasteiger partial charge in [-0.2, -0.15) is 0 Å². The van der Waals surface area contributed by atoms with Crippen LogP contribution >= 0.6 is 0 Å². The molecule has 0 bridgehead atoms. The molecule has 1 saturated heterocycles. The third-order valence-corrected chi connectivity index (χ3v) is 5.32. The van der Waals surface area contributed by atoms with Crippen LogP contribution in [0.2, 0.25) is 0 Å². The monoisotopic (exact) mass is 363 g/mol. The van der Waals surface area contributed by atoms with Crippen LogP contribution in [-0.4, -0.2) is 42.6 Å². The van der Waals surface area contributed by atoms with E-state index in [4.69, 9.17) is 0 Å². The molecule has 1 fully saturated rings. The van der Waals surface area contributed by atoms with E-state index in [1.54, 1.807) is 12.4 Å². The Bertz CT molecular complexity index is 934. The van der Waals surface area contributed by atoms with E-state index in [0.29, 0.717) is 5.92 Å². The van der Waals surface area contributed by atoms with E-state index in [2.05, 4.69) is 34.4 Å². The van der Waals surface area contributed by atoms with Gasteiger partial charge in [-0.1, -0.05) is 0 Å². The SMILES string of the molecule is Cc1nccc(N2CCCC(Cc3nccnc3-c3cnc(C)n3C)C2)n1. The lowest BCUT2D eigenvalue weighted by atomic mass is 9.92.